The number of fused-ring (bicyclic) bond motifs is 3. The second-order valence-corrected chi connectivity index (χ2v) is 12.2. The zero-order chi connectivity index (χ0) is 30.0. The molecule has 0 aromatic heterocycles. The Kier molecular flexibility index (Phi) is 7.12. The number of para-hydroxylation sites is 1. The van der Waals surface area contributed by atoms with Gasteiger partial charge in [0.25, 0.3) is 5.91 Å². The van der Waals surface area contributed by atoms with Crippen LogP contribution in [0.2, 0.25) is 10.0 Å². The van der Waals surface area contributed by atoms with E-state index < -0.39 is 23.8 Å². The van der Waals surface area contributed by atoms with Crippen molar-refractivity contribution in [1.29, 1.82) is 0 Å². The van der Waals surface area contributed by atoms with Gasteiger partial charge in [0.05, 0.1) is 64.8 Å². The summed E-state index contributed by atoms with van der Waals surface area (Å²) < 4.78 is 27.4. The van der Waals surface area contributed by atoms with Crippen molar-refractivity contribution in [3.8, 4) is 16.9 Å². The highest BCUT2D eigenvalue weighted by Crippen LogP contribution is 2.43. The van der Waals surface area contributed by atoms with Crippen LogP contribution in [0.5, 0.6) is 5.75 Å². The molecule has 0 aliphatic carbocycles. The quantitative estimate of drug-likeness (QED) is 0.406. The molecule has 4 aliphatic heterocycles. The summed E-state index contributed by atoms with van der Waals surface area (Å²) in [5, 5.41) is 19.9. The first-order chi connectivity index (χ1) is 20.7. The summed E-state index contributed by atoms with van der Waals surface area (Å²) in [6.07, 6.45) is 1.35. The number of carboxylic acids is 1. The monoisotopic (exact) mass is 627 g/mol. The van der Waals surface area contributed by atoms with Crippen LogP contribution in [0, 0.1) is 5.82 Å². The van der Waals surface area contributed by atoms with Crippen LogP contribution < -0.4 is 14.5 Å². The fourth-order valence-corrected chi connectivity index (χ4v) is 7.20. The Balaban J connectivity index is 1.19. The van der Waals surface area contributed by atoms with Crippen LogP contribution in [-0.4, -0.2) is 78.2 Å². The highest BCUT2D eigenvalue weighted by molar-refractivity contribution is 6.40. The minimum atomic E-state index is -1.19. The van der Waals surface area contributed by atoms with E-state index >= 15 is 4.39 Å². The Hall–Kier alpha value is -3.57. The molecule has 9 nitrogen and oxygen atoms in total. The van der Waals surface area contributed by atoms with Gasteiger partial charge < -0.3 is 34.4 Å². The first-order valence-electron chi connectivity index (χ1n) is 14.1. The predicted octanol–water partition coefficient (Wildman–Crippen LogP) is 5.04. The van der Waals surface area contributed by atoms with Crippen molar-refractivity contribution in [3.05, 3.63) is 75.0 Å². The fourth-order valence-electron chi connectivity index (χ4n) is 6.56. The van der Waals surface area contributed by atoms with E-state index in [-0.39, 0.29) is 52.1 Å². The van der Waals surface area contributed by atoms with Gasteiger partial charge in [0.1, 0.15) is 11.6 Å². The largest absolute Gasteiger partial charge is 0.478 e. The Morgan fingerprint density at radius 2 is 1.67 bits per heavy atom. The van der Waals surface area contributed by atoms with Gasteiger partial charge in [-0.1, -0.05) is 41.4 Å². The fraction of sp³-hybridized carbons (Fsp3) is 0.355. The minimum Gasteiger partial charge on any atom is -0.478 e. The summed E-state index contributed by atoms with van der Waals surface area (Å²) >= 11 is 13.0. The van der Waals surface area contributed by atoms with Gasteiger partial charge in [-0.2, -0.15) is 0 Å². The van der Waals surface area contributed by atoms with Crippen LogP contribution in [0.1, 0.15) is 39.1 Å². The van der Waals surface area contributed by atoms with Gasteiger partial charge in [-0.3, -0.25) is 4.79 Å². The van der Waals surface area contributed by atoms with E-state index in [2.05, 4.69) is 4.90 Å². The van der Waals surface area contributed by atoms with Crippen molar-refractivity contribution in [3.63, 3.8) is 0 Å². The third kappa shape index (κ3) is 4.86. The third-order valence-electron chi connectivity index (χ3n) is 8.70. The SMILES string of the molecule is O=C(O)c1cc(F)c(-c2cccc3c2OCN(C(=O)c2c(Cl)cc(N4CC(O)C4)cc2Cl)C3)cc1N1C2CCC1COC2. The van der Waals surface area contributed by atoms with Gasteiger partial charge in [-0.05, 0) is 37.1 Å². The topological polar surface area (TPSA) is 103 Å². The number of anilines is 2. The maximum atomic E-state index is 15.6. The predicted molar refractivity (Wildman–Crippen MR) is 159 cm³/mol. The number of carbonyl (C=O) groups is 2. The molecule has 224 valence electrons. The number of carbonyl (C=O) groups excluding carboxylic acids is 1. The molecule has 3 saturated heterocycles. The van der Waals surface area contributed by atoms with Crippen LogP contribution in [-0.2, 0) is 11.3 Å². The van der Waals surface area contributed by atoms with Crippen molar-refractivity contribution in [1.82, 2.24) is 4.90 Å². The molecular formula is C31H28Cl2FN3O6. The zero-order valence-electron chi connectivity index (χ0n) is 22.9. The molecule has 4 heterocycles. The molecule has 3 aromatic carbocycles. The standard InChI is InChI=1S/C31H28Cl2FN3O6/c32-24-6-19(35-11-20(38)12-35)7-25(33)28(24)30(39)36-10-16-2-1-3-21(29(16)43-15-36)22-9-27(23(31(40)41)8-26(22)34)37-17-4-5-18(37)14-42-13-17/h1-3,6-9,17-18,20,38H,4-5,10-15H2,(H,40,41). The van der Waals surface area contributed by atoms with Crippen molar-refractivity contribution in [2.45, 2.75) is 37.6 Å². The van der Waals surface area contributed by atoms with E-state index in [1.165, 1.54) is 4.90 Å². The Morgan fingerprint density at radius 3 is 2.33 bits per heavy atom. The van der Waals surface area contributed by atoms with Crippen molar-refractivity contribution >= 4 is 46.5 Å². The summed E-state index contributed by atoms with van der Waals surface area (Å²) in [6, 6.07) is 11.3. The maximum absolute atomic E-state index is 15.6. The van der Waals surface area contributed by atoms with Crippen molar-refractivity contribution < 1.29 is 33.7 Å². The molecule has 2 unspecified atom stereocenters. The minimum absolute atomic E-state index is 0.0286. The molecule has 0 radical (unpaired) electrons. The number of morpholine rings is 1. The highest BCUT2D eigenvalue weighted by atomic mass is 35.5. The number of hydrogen-bond acceptors (Lipinski definition) is 7. The maximum Gasteiger partial charge on any atom is 0.337 e. The first kappa shape index (κ1) is 28.2. The number of amides is 1. The van der Waals surface area contributed by atoms with E-state index in [1.54, 1.807) is 36.4 Å². The number of benzene rings is 3. The second-order valence-electron chi connectivity index (χ2n) is 11.4. The van der Waals surface area contributed by atoms with E-state index in [1.807, 2.05) is 4.90 Å². The molecule has 1 amide bonds. The normalized spacial score (nSPS) is 21.3. The Morgan fingerprint density at radius 1 is 0.977 bits per heavy atom. The molecule has 2 bridgehead atoms. The number of β-amino-alcohol motifs (C(OH)–C–C–N with tert-alkyl or cyclic N) is 1. The smallest absolute Gasteiger partial charge is 0.337 e. The van der Waals surface area contributed by atoms with Crippen LogP contribution in [0.25, 0.3) is 11.1 Å². The van der Waals surface area contributed by atoms with Gasteiger partial charge in [0.2, 0.25) is 0 Å². The van der Waals surface area contributed by atoms with E-state index in [4.69, 9.17) is 32.7 Å². The molecule has 3 aromatic rings. The average molecular weight is 628 g/mol. The van der Waals surface area contributed by atoms with Crippen LogP contribution in [0.4, 0.5) is 15.8 Å². The summed E-state index contributed by atoms with van der Waals surface area (Å²) in [5.41, 5.74) is 2.60. The summed E-state index contributed by atoms with van der Waals surface area (Å²) in [5.74, 6) is -1.86. The number of nitrogens with zero attached hydrogens (tertiary/aromatic N) is 3. The van der Waals surface area contributed by atoms with Gasteiger partial charge in [0.15, 0.2) is 6.73 Å². The summed E-state index contributed by atoms with van der Waals surface area (Å²) in [6.45, 7) is 1.97. The lowest BCUT2D eigenvalue weighted by Gasteiger charge is -2.38. The number of aromatic carboxylic acids is 1. The molecular weight excluding hydrogens is 600 g/mol. The molecule has 2 N–H and O–H groups in total. The molecule has 0 spiro atoms. The zero-order valence-corrected chi connectivity index (χ0v) is 24.4. The lowest BCUT2D eigenvalue weighted by molar-refractivity contribution is 0.0516. The van der Waals surface area contributed by atoms with Gasteiger partial charge in [-0.25, -0.2) is 9.18 Å². The number of aliphatic hydroxyl groups excluding tert-OH is 1. The lowest BCUT2D eigenvalue weighted by Crippen LogP contribution is -2.50. The summed E-state index contributed by atoms with van der Waals surface area (Å²) in [7, 11) is 0. The van der Waals surface area contributed by atoms with E-state index in [9.17, 15) is 19.8 Å². The van der Waals surface area contributed by atoms with Gasteiger partial charge in [-0.15, -0.1) is 0 Å². The van der Waals surface area contributed by atoms with Gasteiger partial charge in [0, 0.05) is 35.5 Å². The molecule has 43 heavy (non-hydrogen) atoms. The molecule has 12 heteroatoms. The number of ether oxygens (including phenoxy) is 2. The van der Waals surface area contributed by atoms with E-state index in [0.29, 0.717) is 48.9 Å². The Labute approximate surface area is 256 Å². The number of carboxylic acid groups (broad SMARTS) is 1. The molecule has 4 aliphatic rings. The van der Waals surface area contributed by atoms with Crippen molar-refractivity contribution in [2.75, 3.05) is 42.8 Å². The Bertz CT molecular complexity index is 1610. The lowest BCUT2D eigenvalue weighted by atomic mass is 9.96. The van der Waals surface area contributed by atoms with Crippen molar-refractivity contribution in [2.24, 2.45) is 0 Å². The third-order valence-corrected chi connectivity index (χ3v) is 9.30. The number of aliphatic hydroxyl groups is 1. The first-order valence-corrected chi connectivity index (χ1v) is 14.8. The van der Waals surface area contributed by atoms with Crippen LogP contribution in [0.3, 0.4) is 0 Å². The summed E-state index contributed by atoms with van der Waals surface area (Å²) in [4.78, 5) is 31.2. The average Bonchev–Trinajstić information content (AvgIpc) is 3.21. The number of hydrogen-bond donors (Lipinski definition) is 2. The van der Waals surface area contributed by atoms with Crippen LogP contribution in [0.15, 0.2) is 42.5 Å². The van der Waals surface area contributed by atoms with E-state index in [0.717, 1.165) is 24.6 Å². The highest BCUT2D eigenvalue weighted by Gasteiger charge is 2.40. The number of rotatable bonds is 5. The van der Waals surface area contributed by atoms with Crippen LogP contribution >= 0.6 is 23.2 Å². The van der Waals surface area contributed by atoms with Gasteiger partial charge >= 0.3 is 5.97 Å². The second kappa shape index (κ2) is 10.9. The molecule has 7 rings (SSSR count). The molecule has 0 saturated carbocycles. The molecule has 2 atom stereocenters. The number of halogens is 3. The molecule has 3 fully saturated rings.